The molecule has 0 amide bonds. The molecule has 4 nitrogen and oxygen atoms in total. The SMILES string of the molecule is O=Cc1cccc(C(F)(F)F)c1OCC(=O)O. The quantitative estimate of drug-likeness (QED) is 0.827. The van der Waals surface area contributed by atoms with Crippen LogP contribution < -0.4 is 4.74 Å². The van der Waals surface area contributed by atoms with E-state index in [1.165, 1.54) is 0 Å². The van der Waals surface area contributed by atoms with Gasteiger partial charge in [-0.15, -0.1) is 0 Å². The molecule has 1 aromatic rings. The van der Waals surface area contributed by atoms with Crippen LogP contribution >= 0.6 is 0 Å². The van der Waals surface area contributed by atoms with Crippen LogP contribution in [0, 0.1) is 0 Å². The molecule has 7 heteroatoms. The Balaban J connectivity index is 3.21. The molecule has 0 spiro atoms. The number of aldehydes is 1. The van der Waals surface area contributed by atoms with E-state index in [9.17, 15) is 22.8 Å². The monoisotopic (exact) mass is 248 g/mol. The first-order valence-electron chi connectivity index (χ1n) is 4.36. The Morgan fingerprint density at radius 2 is 2.06 bits per heavy atom. The molecule has 0 saturated heterocycles. The number of para-hydroxylation sites is 1. The van der Waals surface area contributed by atoms with Crippen LogP contribution in [0.3, 0.4) is 0 Å². The molecule has 0 unspecified atom stereocenters. The van der Waals surface area contributed by atoms with E-state index in [1.54, 1.807) is 0 Å². The van der Waals surface area contributed by atoms with Gasteiger partial charge in [0, 0.05) is 0 Å². The van der Waals surface area contributed by atoms with E-state index in [0.29, 0.717) is 6.07 Å². The van der Waals surface area contributed by atoms with Crippen molar-refractivity contribution in [2.45, 2.75) is 6.18 Å². The van der Waals surface area contributed by atoms with Crippen LogP contribution in [0.2, 0.25) is 0 Å². The molecule has 0 bridgehead atoms. The molecule has 0 saturated carbocycles. The summed E-state index contributed by atoms with van der Waals surface area (Å²) < 4.78 is 42.1. The Labute approximate surface area is 93.6 Å². The fourth-order valence-corrected chi connectivity index (χ4v) is 1.17. The zero-order chi connectivity index (χ0) is 13.1. The number of aliphatic carboxylic acids is 1. The van der Waals surface area contributed by atoms with Gasteiger partial charge in [-0.05, 0) is 12.1 Å². The number of rotatable bonds is 4. The van der Waals surface area contributed by atoms with E-state index in [1.807, 2.05) is 0 Å². The van der Waals surface area contributed by atoms with E-state index < -0.39 is 30.1 Å². The molecule has 1 aromatic carbocycles. The molecule has 0 aliphatic carbocycles. The zero-order valence-corrected chi connectivity index (χ0v) is 8.32. The van der Waals surface area contributed by atoms with Crippen molar-refractivity contribution in [1.29, 1.82) is 0 Å². The second-order valence-electron chi connectivity index (χ2n) is 3.02. The lowest BCUT2D eigenvalue weighted by Crippen LogP contribution is -2.15. The molecule has 0 fully saturated rings. The molecule has 0 atom stereocenters. The second-order valence-corrected chi connectivity index (χ2v) is 3.02. The van der Waals surface area contributed by atoms with E-state index in [4.69, 9.17) is 5.11 Å². The van der Waals surface area contributed by atoms with Crippen LogP contribution in [0.25, 0.3) is 0 Å². The highest BCUT2D eigenvalue weighted by Crippen LogP contribution is 2.37. The van der Waals surface area contributed by atoms with Crippen LogP contribution in [0.15, 0.2) is 18.2 Å². The molecule has 0 aromatic heterocycles. The van der Waals surface area contributed by atoms with E-state index in [0.717, 1.165) is 12.1 Å². The van der Waals surface area contributed by atoms with Crippen molar-refractivity contribution < 1.29 is 32.6 Å². The normalized spacial score (nSPS) is 11.0. The van der Waals surface area contributed by atoms with E-state index >= 15 is 0 Å². The van der Waals surface area contributed by atoms with Crippen molar-refractivity contribution in [2.75, 3.05) is 6.61 Å². The number of carbonyl (C=O) groups excluding carboxylic acids is 1. The molecule has 0 radical (unpaired) electrons. The van der Waals surface area contributed by atoms with Crippen molar-refractivity contribution in [3.05, 3.63) is 29.3 Å². The number of carboxylic acids is 1. The molecular formula is C10H7F3O4. The predicted molar refractivity (Wildman–Crippen MR) is 50.0 cm³/mol. The number of hydrogen-bond acceptors (Lipinski definition) is 3. The summed E-state index contributed by atoms with van der Waals surface area (Å²) in [6.07, 6.45) is -4.54. The second kappa shape index (κ2) is 4.86. The van der Waals surface area contributed by atoms with Crippen molar-refractivity contribution in [2.24, 2.45) is 0 Å². The fraction of sp³-hybridized carbons (Fsp3) is 0.200. The summed E-state index contributed by atoms with van der Waals surface area (Å²) in [6.45, 7) is -0.950. The third-order valence-electron chi connectivity index (χ3n) is 1.82. The number of ether oxygens (including phenoxy) is 1. The summed E-state index contributed by atoms with van der Waals surface area (Å²) in [5.41, 5.74) is -1.52. The van der Waals surface area contributed by atoms with Crippen LogP contribution in [-0.2, 0) is 11.0 Å². The first-order valence-corrected chi connectivity index (χ1v) is 4.36. The van der Waals surface area contributed by atoms with Crippen LogP contribution in [0.5, 0.6) is 5.75 Å². The van der Waals surface area contributed by atoms with Crippen LogP contribution in [0.4, 0.5) is 13.2 Å². The summed E-state index contributed by atoms with van der Waals surface area (Å²) >= 11 is 0. The Morgan fingerprint density at radius 1 is 1.41 bits per heavy atom. The van der Waals surface area contributed by atoms with Crippen molar-refractivity contribution in [3.8, 4) is 5.75 Å². The number of benzene rings is 1. The van der Waals surface area contributed by atoms with Gasteiger partial charge in [0.1, 0.15) is 5.75 Å². The highest BCUT2D eigenvalue weighted by Gasteiger charge is 2.35. The van der Waals surface area contributed by atoms with Crippen molar-refractivity contribution in [3.63, 3.8) is 0 Å². The molecule has 1 rings (SSSR count). The number of carbonyl (C=O) groups is 2. The molecule has 92 valence electrons. The highest BCUT2D eigenvalue weighted by molar-refractivity contribution is 5.80. The topological polar surface area (TPSA) is 63.6 Å². The smallest absolute Gasteiger partial charge is 0.419 e. The average Bonchev–Trinajstić information content (AvgIpc) is 2.24. The van der Waals surface area contributed by atoms with Gasteiger partial charge in [-0.3, -0.25) is 4.79 Å². The molecule has 1 N–H and O–H groups in total. The third-order valence-corrected chi connectivity index (χ3v) is 1.82. The predicted octanol–water partition coefficient (Wildman–Crippen LogP) is 1.98. The van der Waals surface area contributed by atoms with Gasteiger partial charge in [0.15, 0.2) is 12.9 Å². The number of carboxylic acid groups (broad SMARTS) is 1. The van der Waals surface area contributed by atoms with Gasteiger partial charge in [-0.1, -0.05) is 6.07 Å². The lowest BCUT2D eigenvalue weighted by Gasteiger charge is -2.14. The van der Waals surface area contributed by atoms with E-state index in [2.05, 4.69) is 4.74 Å². The summed E-state index contributed by atoms with van der Waals surface area (Å²) in [7, 11) is 0. The molecular weight excluding hydrogens is 241 g/mol. The van der Waals surface area contributed by atoms with Crippen LogP contribution in [0.1, 0.15) is 15.9 Å². The molecule has 0 aliphatic rings. The van der Waals surface area contributed by atoms with Gasteiger partial charge >= 0.3 is 12.1 Å². The average molecular weight is 248 g/mol. The Kier molecular flexibility index (Phi) is 3.72. The van der Waals surface area contributed by atoms with Crippen LogP contribution in [-0.4, -0.2) is 24.0 Å². The van der Waals surface area contributed by atoms with Gasteiger partial charge < -0.3 is 9.84 Å². The Morgan fingerprint density at radius 3 is 2.53 bits per heavy atom. The maximum Gasteiger partial charge on any atom is 0.419 e. The largest absolute Gasteiger partial charge is 0.481 e. The summed E-state index contributed by atoms with van der Waals surface area (Å²) in [6, 6.07) is 2.86. The lowest BCUT2D eigenvalue weighted by molar-refractivity contribution is -0.143. The van der Waals surface area contributed by atoms with Crippen molar-refractivity contribution in [1.82, 2.24) is 0 Å². The number of hydrogen-bond donors (Lipinski definition) is 1. The minimum Gasteiger partial charge on any atom is -0.481 e. The Bertz CT molecular complexity index is 440. The minimum absolute atomic E-state index is 0.173. The number of alkyl halides is 3. The summed E-state index contributed by atoms with van der Waals surface area (Å²) in [4.78, 5) is 20.8. The van der Waals surface area contributed by atoms with Gasteiger partial charge in [0.2, 0.25) is 0 Å². The van der Waals surface area contributed by atoms with Gasteiger partial charge in [-0.2, -0.15) is 13.2 Å². The van der Waals surface area contributed by atoms with E-state index in [-0.39, 0.29) is 11.8 Å². The fourth-order valence-electron chi connectivity index (χ4n) is 1.17. The zero-order valence-electron chi connectivity index (χ0n) is 8.32. The summed E-state index contributed by atoms with van der Waals surface area (Å²) in [5.74, 6) is -2.20. The van der Waals surface area contributed by atoms with Gasteiger partial charge in [0.25, 0.3) is 0 Å². The number of halogens is 3. The molecule has 17 heavy (non-hydrogen) atoms. The lowest BCUT2D eigenvalue weighted by atomic mass is 10.1. The minimum atomic E-state index is -4.72. The third kappa shape index (κ3) is 3.20. The van der Waals surface area contributed by atoms with Crippen molar-refractivity contribution >= 4 is 12.3 Å². The molecule has 0 aliphatic heterocycles. The maximum absolute atomic E-state index is 12.5. The van der Waals surface area contributed by atoms with Gasteiger partial charge in [0.05, 0.1) is 11.1 Å². The highest BCUT2D eigenvalue weighted by atomic mass is 19.4. The maximum atomic E-state index is 12.5. The Hall–Kier alpha value is -2.05. The molecule has 0 heterocycles. The first-order chi connectivity index (χ1) is 7.86. The first kappa shape index (κ1) is 13.0. The van der Waals surface area contributed by atoms with Gasteiger partial charge in [-0.25, -0.2) is 4.79 Å². The summed E-state index contributed by atoms with van der Waals surface area (Å²) in [5, 5.41) is 8.34. The standard InChI is InChI=1S/C10H7F3O4/c11-10(12,13)7-3-1-2-6(4-14)9(7)17-5-8(15)16/h1-4H,5H2,(H,15,16).